The molecule has 2 heterocycles. The zero-order valence-electron chi connectivity index (χ0n) is 41.4. The molecular formula is C49H60F5N5O18. The van der Waals surface area contributed by atoms with Gasteiger partial charge in [0.15, 0.2) is 0 Å². The molecule has 0 aliphatic carbocycles. The van der Waals surface area contributed by atoms with Gasteiger partial charge in [-0.05, 0) is 16.7 Å². The fourth-order valence-electron chi connectivity index (χ4n) is 7.29. The van der Waals surface area contributed by atoms with E-state index >= 15 is 0 Å². The van der Waals surface area contributed by atoms with Crippen molar-refractivity contribution in [3.63, 3.8) is 0 Å². The molecule has 1 fully saturated rings. The molecule has 5 rings (SSSR count). The number of nitrogens with zero attached hydrogens (tertiary/aromatic N) is 3. The topological polar surface area (TPSA) is 307 Å². The maximum Gasteiger partial charge on any atom is 0.364 e. The van der Waals surface area contributed by atoms with Gasteiger partial charge < -0.3 is 78.8 Å². The largest absolute Gasteiger partial charge is 0.477 e. The molecule has 23 nitrogen and oxygen atoms in total. The highest BCUT2D eigenvalue weighted by molar-refractivity contribution is 5.79. The Balaban J connectivity index is 0.899. The van der Waals surface area contributed by atoms with E-state index in [1.807, 2.05) is 42.5 Å². The van der Waals surface area contributed by atoms with E-state index in [1.165, 1.54) is 0 Å². The molecule has 0 bridgehead atoms. The van der Waals surface area contributed by atoms with Crippen LogP contribution < -0.4 is 15.4 Å². The van der Waals surface area contributed by atoms with E-state index in [0.717, 1.165) is 11.1 Å². The van der Waals surface area contributed by atoms with Crippen molar-refractivity contribution in [3.8, 4) is 16.9 Å². The number of aliphatic hydroxyl groups excluding tert-OH is 4. The van der Waals surface area contributed by atoms with Crippen LogP contribution in [0.5, 0.6) is 5.75 Å². The van der Waals surface area contributed by atoms with Crippen molar-refractivity contribution in [1.29, 1.82) is 0 Å². The Labute approximate surface area is 437 Å². The van der Waals surface area contributed by atoms with E-state index in [-0.39, 0.29) is 92.3 Å². The van der Waals surface area contributed by atoms with Crippen LogP contribution in [0.2, 0.25) is 0 Å². The van der Waals surface area contributed by atoms with Gasteiger partial charge in [0.25, 0.3) is 5.79 Å². The molecule has 6 atom stereocenters. The van der Waals surface area contributed by atoms with Gasteiger partial charge in [-0.15, -0.1) is 5.10 Å². The van der Waals surface area contributed by atoms with Gasteiger partial charge in [-0.2, -0.15) is 8.78 Å². The zero-order chi connectivity index (χ0) is 55.7. The Morgan fingerprint density at radius 1 is 0.727 bits per heavy atom. The molecule has 0 spiro atoms. The summed E-state index contributed by atoms with van der Waals surface area (Å²) in [6, 6.07) is 15.4. The predicted molar refractivity (Wildman–Crippen MR) is 252 cm³/mol. The number of nitrogens with one attached hydrogen (secondary N) is 2. The highest BCUT2D eigenvalue weighted by Gasteiger charge is 2.56. The van der Waals surface area contributed by atoms with Crippen LogP contribution in [0.4, 0.5) is 22.0 Å². The van der Waals surface area contributed by atoms with Crippen molar-refractivity contribution in [2.75, 3.05) is 92.4 Å². The van der Waals surface area contributed by atoms with Crippen molar-refractivity contribution in [1.82, 2.24) is 25.6 Å². The minimum Gasteiger partial charge on any atom is -0.477 e. The number of amides is 2. The van der Waals surface area contributed by atoms with Crippen LogP contribution in [0.25, 0.3) is 11.1 Å². The highest BCUT2D eigenvalue weighted by Crippen LogP contribution is 2.34. The second-order valence-corrected chi connectivity index (χ2v) is 16.8. The number of esters is 1. The minimum atomic E-state index is -2.58. The Morgan fingerprint density at radius 2 is 1.29 bits per heavy atom. The molecular weight excluding hydrogens is 1040 g/mol. The molecule has 2 amide bonds. The molecule has 7 N–H and O–H groups in total. The number of carbonyl (C=O) groups excluding carboxylic acids is 3. The lowest BCUT2D eigenvalue weighted by molar-refractivity contribution is -0.312. The summed E-state index contributed by atoms with van der Waals surface area (Å²) < 4.78 is 116. The normalized spacial score (nSPS) is 18.2. The lowest BCUT2D eigenvalue weighted by Crippen LogP contribution is -2.68. The number of rotatable bonds is 35. The molecule has 4 aromatic rings. The summed E-state index contributed by atoms with van der Waals surface area (Å²) in [7, 11) is 0. The van der Waals surface area contributed by atoms with E-state index in [2.05, 4.69) is 25.7 Å². The van der Waals surface area contributed by atoms with E-state index in [0.29, 0.717) is 17.8 Å². The first-order valence-electron chi connectivity index (χ1n) is 24.0. The molecule has 0 unspecified atom stereocenters. The second-order valence-electron chi connectivity index (χ2n) is 16.8. The first-order valence-corrected chi connectivity index (χ1v) is 24.0. The standard InChI is InChI=1S/C49H60F5N5O18/c50-39-40(51)42(53)46(43(54)41(39)52)76-38(65)10-12-69-14-16-71-18-19-72-17-15-70-13-11-59-27-33(57-58-59)29-74-21-20-73-22-23-75-49(48(67)68)25-34(61)44(56-37(64)28-60)47(77-49)45(66)35(62)26-55-36(63)24-30-6-8-32(9-7-30)31-4-2-1-3-5-31/h1-9,27,34-35,44-45,47,60-62,66H,10-26,28-29H2,(H,55,63)(H,56,64)(H,67,68)/t34-,35+,44+,45+,47+,49-/m1/s1. The number of hydrogen-bond donors (Lipinski definition) is 7. The van der Waals surface area contributed by atoms with Crippen LogP contribution in [-0.4, -0.2) is 193 Å². The lowest BCUT2D eigenvalue weighted by Gasteiger charge is -2.46. The molecule has 1 aliphatic heterocycles. The van der Waals surface area contributed by atoms with Gasteiger partial charge in [0, 0.05) is 13.0 Å². The second kappa shape index (κ2) is 31.9. The summed E-state index contributed by atoms with van der Waals surface area (Å²) >= 11 is 0. The van der Waals surface area contributed by atoms with Crippen LogP contribution in [0.3, 0.4) is 0 Å². The van der Waals surface area contributed by atoms with E-state index in [1.54, 1.807) is 23.0 Å². The SMILES string of the molecule is O=C(Cc1ccc(-c2ccccc2)cc1)NC[C@H](O)[C@H](O)[C@H]1O[C@@](OCCOCCOCc2cn(CCOCCOCCOCCOCCC(=O)Oc3c(F)c(F)c(F)c(F)c3F)nn2)(C(=O)O)C[C@@H](O)[C@@H]1NC(=O)CO. The molecule has 3 aromatic carbocycles. The summed E-state index contributed by atoms with van der Waals surface area (Å²) in [5, 5.41) is 65.6. The van der Waals surface area contributed by atoms with Gasteiger partial charge in [-0.1, -0.05) is 59.8 Å². The van der Waals surface area contributed by atoms with E-state index in [9.17, 15) is 66.7 Å². The summed E-state index contributed by atoms with van der Waals surface area (Å²) in [5.41, 5.74) is 3.12. The van der Waals surface area contributed by atoms with Gasteiger partial charge in [-0.25, -0.2) is 22.6 Å². The number of carbonyl (C=O) groups is 4. The number of ether oxygens (including phenoxy) is 9. The van der Waals surface area contributed by atoms with E-state index in [4.69, 9.17) is 37.9 Å². The number of aliphatic hydroxyl groups is 4. The number of carboxylic acid groups (broad SMARTS) is 1. The quantitative estimate of drug-likeness (QED) is 0.00835. The summed E-state index contributed by atoms with van der Waals surface area (Å²) in [6.45, 7) is -0.441. The van der Waals surface area contributed by atoms with Gasteiger partial charge in [0.1, 0.15) is 24.5 Å². The highest BCUT2D eigenvalue weighted by atomic mass is 19.2. The Bertz CT molecular complexity index is 2460. The number of benzene rings is 3. The number of carboxylic acids is 1. The summed E-state index contributed by atoms with van der Waals surface area (Å²) in [6.07, 6.45) is -7.01. The zero-order valence-corrected chi connectivity index (χ0v) is 41.4. The van der Waals surface area contributed by atoms with Crippen LogP contribution >= 0.6 is 0 Å². The molecule has 0 radical (unpaired) electrons. The van der Waals surface area contributed by atoms with Crippen molar-refractivity contribution in [2.24, 2.45) is 0 Å². The van der Waals surface area contributed by atoms with Gasteiger partial charge >= 0.3 is 11.9 Å². The van der Waals surface area contributed by atoms with Gasteiger partial charge in [0.2, 0.25) is 46.6 Å². The molecule has 28 heteroatoms. The number of halogens is 5. The van der Waals surface area contributed by atoms with Crippen LogP contribution in [0.1, 0.15) is 24.1 Å². The predicted octanol–water partition coefficient (Wildman–Crippen LogP) is 0.741. The first kappa shape index (κ1) is 61.7. The molecule has 77 heavy (non-hydrogen) atoms. The Kier molecular flexibility index (Phi) is 25.6. The van der Waals surface area contributed by atoms with Gasteiger partial charge in [-0.3, -0.25) is 14.4 Å². The molecule has 0 saturated carbocycles. The van der Waals surface area contributed by atoms with Crippen molar-refractivity contribution < 1.29 is 109 Å². The monoisotopic (exact) mass is 1100 g/mol. The number of aromatic nitrogens is 3. The maximum absolute atomic E-state index is 13.6. The first-order chi connectivity index (χ1) is 37.0. The third kappa shape index (κ3) is 19.4. The fourth-order valence-corrected chi connectivity index (χ4v) is 7.29. The summed E-state index contributed by atoms with van der Waals surface area (Å²) in [5.74, 6) is -20.1. The van der Waals surface area contributed by atoms with Crippen molar-refractivity contribution in [3.05, 3.63) is 101 Å². The van der Waals surface area contributed by atoms with Crippen molar-refractivity contribution >= 4 is 23.8 Å². The average Bonchev–Trinajstić information content (AvgIpc) is 3.90. The van der Waals surface area contributed by atoms with Crippen LogP contribution in [0, 0.1) is 29.1 Å². The van der Waals surface area contributed by atoms with Gasteiger partial charge in [0.05, 0.1) is 130 Å². The third-order valence-electron chi connectivity index (χ3n) is 11.2. The van der Waals surface area contributed by atoms with Crippen LogP contribution in [0.15, 0.2) is 60.8 Å². The Morgan fingerprint density at radius 3 is 1.90 bits per heavy atom. The van der Waals surface area contributed by atoms with Crippen LogP contribution in [-0.2, 0) is 76.6 Å². The Hall–Kier alpha value is -6.15. The third-order valence-corrected chi connectivity index (χ3v) is 11.2. The number of aliphatic carboxylic acids is 1. The molecule has 1 aromatic heterocycles. The molecule has 424 valence electrons. The number of hydrogen-bond acceptors (Lipinski definition) is 19. The summed E-state index contributed by atoms with van der Waals surface area (Å²) in [4.78, 5) is 49.3. The van der Waals surface area contributed by atoms with E-state index < -0.39 is 121 Å². The van der Waals surface area contributed by atoms with Crippen molar-refractivity contribution in [2.45, 2.75) is 68.7 Å². The molecule has 1 aliphatic rings. The average molecular weight is 1100 g/mol. The minimum absolute atomic E-state index is 0.0218. The lowest BCUT2D eigenvalue weighted by atomic mass is 9.88. The maximum atomic E-state index is 13.6. The molecule has 1 saturated heterocycles. The smallest absolute Gasteiger partial charge is 0.364 e. The fraction of sp³-hybridized carbons (Fsp3) is 0.510.